The first-order chi connectivity index (χ1) is 8.54. The highest BCUT2D eigenvalue weighted by atomic mass is 32.2. The molecular formula is C13H19NO3S. The highest BCUT2D eigenvalue weighted by molar-refractivity contribution is 7.92. The molecule has 5 heteroatoms. The van der Waals surface area contributed by atoms with E-state index in [4.69, 9.17) is 4.74 Å². The maximum atomic E-state index is 12.1. The number of para-hydroxylation sites is 1. The summed E-state index contributed by atoms with van der Waals surface area (Å²) in [4.78, 5) is 0. The molecule has 1 aliphatic rings. The predicted molar refractivity (Wildman–Crippen MR) is 71.6 cm³/mol. The number of ether oxygens (including phenoxy) is 1. The lowest BCUT2D eigenvalue weighted by atomic mass is 10.1. The minimum Gasteiger partial charge on any atom is -0.496 e. The molecule has 0 radical (unpaired) electrons. The molecule has 1 aliphatic heterocycles. The lowest BCUT2D eigenvalue weighted by Gasteiger charge is -2.18. The van der Waals surface area contributed by atoms with E-state index in [9.17, 15) is 8.42 Å². The Hall–Kier alpha value is -1.07. The van der Waals surface area contributed by atoms with Crippen molar-refractivity contribution >= 4 is 9.84 Å². The number of nitrogens with one attached hydrogen (secondary N) is 1. The van der Waals surface area contributed by atoms with Gasteiger partial charge in [0.15, 0.2) is 9.84 Å². The fourth-order valence-corrected chi connectivity index (χ4v) is 3.82. The summed E-state index contributed by atoms with van der Waals surface area (Å²) in [6.07, 6.45) is 0.661. The molecule has 1 aromatic carbocycles. The van der Waals surface area contributed by atoms with Gasteiger partial charge in [0, 0.05) is 11.6 Å². The predicted octanol–water partition coefficient (Wildman–Crippen LogP) is 1.53. The molecule has 1 heterocycles. The van der Waals surface area contributed by atoms with E-state index in [1.54, 1.807) is 14.0 Å². The smallest absolute Gasteiger partial charge is 0.154 e. The average Bonchev–Trinajstić information content (AvgIpc) is 2.49. The molecule has 100 valence electrons. The summed E-state index contributed by atoms with van der Waals surface area (Å²) in [5.41, 5.74) is 0.915. The molecule has 1 fully saturated rings. The Morgan fingerprint density at radius 3 is 2.78 bits per heavy atom. The van der Waals surface area contributed by atoms with Crippen molar-refractivity contribution in [1.82, 2.24) is 5.32 Å². The van der Waals surface area contributed by atoms with Crippen LogP contribution in [0.5, 0.6) is 5.75 Å². The van der Waals surface area contributed by atoms with E-state index in [0.29, 0.717) is 13.0 Å². The Kier molecular flexibility index (Phi) is 3.92. The van der Waals surface area contributed by atoms with Gasteiger partial charge >= 0.3 is 0 Å². The van der Waals surface area contributed by atoms with Crippen LogP contribution in [0.1, 0.15) is 24.9 Å². The van der Waals surface area contributed by atoms with E-state index in [1.165, 1.54) is 0 Å². The first-order valence-corrected chi connectivity index (χ1v) is 7.84. The van der Waals surface area contributed by atoms with Gasteiger partial charge in [-0.1, -0.05) is 18.2 Å². The van der Waals surface area contributed by atoms with Gasteiger partial charge in [-0.3, -0.25) is 0 Å². The van der Waals surface area contributed by atoms with Crippen molar-refractivity contribution in [2.24, 2.45) is 0 Å². The number of sulfone groups is 1. The van der Waals surface area contributed by atoms with Crippen molar-refractivity contribution < 1.29 is 13.2 Å². The monoisotopic (exact) mass is 269 g/mol. The Bertz CT molecular complexity index is 513. The largest absolute Gasteiger partial charge is 0.496 e. The highest BCUT2D eigenvalue weighted by Gasteiger charge is 2.30. The Morgan fingerprint density at radius 1 is 1.33 bits per heavy atom. The van der Waals surface area contributed by atoms with Crippen LogP contribution >= 0.6 is 0 Å². The average molecular weight is 269 g/mol. The number of rotatable bonds is 2. The third-order valence-corrected chi connectivity index (χ3v) is 5.73. The molecule has 18 heavy (non-hydrogen) atoms. The van der Waals surface area contributed by atoms with Crippen LogP contribution in [-0.2, 0) is 9.84 Å². The molecule has 1 aromatic rings. The number of methoxy groups -OCH3 is 1. The molecule has 0 amide bonds. The van der Waals surface area contributed by atoms with Crippen molar-refractivity contribution in [2.45, 2.75) is 24.6 Å². The van der Waals surface area contributed by atoms with Gasteiger partial charge in [-0.05, 0) is 26.0 Å². The molecule has 2 rings (SSSR count). The molecule has 0 spiro atoms. The topological polar surface area (TPSA) is 55.4 Å². The van der Waals surface area contributed by atoms with Gasteiger partial charge in [0.2, 0.25) is 0 Å². The Balaban J connectivity index is 2.33. The third-order valence-electron chi connectivity index (χ3n) is 3.47. The molecule has 0 aromatic heterocycles. The molecule has 1 N–H and O–H groups in total. The van der Waals surface area contributed by atoms with Crippen LogP contribution in [0.2, 0.25) is 0 Å². The molecule has 2 unspecified atom stereocenters. The van der Waals surface area contributed by atoms with Crippen LogP contribution in [-0.4, -0.2) is 33.1 Å². The van der Waals surface area contributed by atoms with Gasteiger partial charge in [-0.25, -0.2) is 8.42 Å². The Labute approximate surface area is 108 Å². The molecule has 4 nitrogen and oxygen atoms in total. The Morgan fingerprint density at radius 2 is 2.06 bits per heavy atom. The molecular weight excluding hydrogens is 250 g/mol. The van der Waals surface area contributed by atoms with E-state index < -0.39 is 9.84 Å². The summed E-state index contributed by atoms with van der Waals surface area (Å²) in [6.45, 7) is 2.49. The van der Waals surface area contributed by atoms with Gasteiger partial charge in [-0.15, -0.1) is 0 Å². The van der Waals surface area contributed by atoms with Crippen molar-refractivity contribution in [1.29, 1.82) is 0 Å². The zero-order valence-corrected chi connectivity index (χ0v) is 11.5. The summed E-state index contributed by atoms with van der Waals surface area (Å²) in [6, 6.07) is 7.38. The summed E-state index contributed by atoms with van der Waals surface area (Å²) in [5, 5.41) is 3.03. The van der Waals surface area contributed by atoms with Gasteiger partial charge in [0.25, 0.3) is 0 Å². The highest BCUT2D eigenvalue weighted by Crippen LogP contribution is 2.28. The second kappa shape index (κ2) is 5.28. The zero-order valence-electron chi connectivity index (χ0n) is 10.7. The quantitative estimate of drug-likeness (QED) is 0.884. The summed E-state index contributed by atoms with van der Waals surface area (Å²) >= 11 is 0. The van der Waals surface area contributed by atoms with E-state index in [2.05, 4.69) is 5.32 Å². The molecule has 0 bridgehead atoms. The second-order valence-corrected chi connectivity index (χ2v) is 7.14. The number of benzene rings is 1. The van der Waals surface area contributed by atoms with Crippen LogP contribution in [0.15, 0.2) is 24.3 Å². The first-order valence-electron chi connectivity index (χ1n) is 6.12. The van der Waals surface area contributed by atoms with Crippen LogP contribution in [0.3, 0.4) is 0 Å². The van der Waals surface area contributed by atoms with Crippen molar-refractivity contribution in [3.63, 3.8) is 0 Å². The minimum absolute atomic E-state index is 0.133. The van der Waals surface area contributed by atoms with Gasteiger partial charge < -0.3 is 10.1 Å². The summed E-state index contributed by atoms with van der Waals surface area (Å²) in [5.74, 6) is 0.869. The van der Waals surface area contributed by atoms with Gasteiger partial charge in [0.1, 0.15) is 5.75 Å². The minimum atomic E-state index is -3.04. The van der Waals surface area contributed by atoms with Gasteiger partial charge in [-0.2, -0.15) is 0 Å². The van der Waals surface area contributed by atoms with E-state index >= 15 is 0 Å². The standard InChI is InChI=1S/C13H19NO3S/c1-10-7-8-14-12(9-18(10,15)16)11-5-3-4-6-13(11)17-2/h3-6,10,12,14H,7-9H2,1-2H3. The van der Waals surface area contributed by atoms with Crippen LogP contribution < -0.4 is 10.1 Å². The first kappa shape index (κ1) is 13.4. The SMILES string of the molecule is COc1ccccc1C1CS(=O)(=O)C(C)CCN1. The maximum Gasteiger partial charge on any atom is 0.154 e. The molecule has 2 atom stereocenters. The summed E-state index contributed by atoms with van der Waals surface area (Å²) in [7, 11) is -1.43. The molecule has 0 saturated carbocycles. The number of hydrogen-bond acceptors (Lipinski definition) is 4. The molecule has 1 saturated heterocycles. The fraction of sp³-hybridized carbons (Fsp3) is 0.538. The third kappa shape index (κ3) is 2.67. The molecule has 0 aliphatic carbocycles. The lowest BCUT2D eigenvalue weighted by molar-refractivity contribution is 0.402. The summed E-state index contributed by atoms with van der Waals surface area (Å²) < 4.78 is 29.5. The lowest BCUT2D eigenvalue weighted by Crippen LogP contribution is -2.26. The van der Waals surface area contributed by atoms with Crippen LogP contribution in [0, 0.1) is 0 Å². The fourth-order valence-electron chi connectivity index (χ4n) is 2.25. The number of hydrogen-bond donors (Lipinski definition) is 1. The van der Waals surface area contributed by atoms with E-state index in [-0.39, 0.29) is 17.0 Å². The van der Waals surface area contributed by atoms with Crippen molar-refractivity contribution in [2.75, 3.05) is 19.4 Å². The van der Waals surface area contributed by atoms with E-state index in [0.717, 1.165) is 11.3 Å². The van der Waals surface area contributed by atoms with Crippen LogP contribution in [0.4, 0.5) is 0 Å². The zero-order chi connectivity index (χ0) is 13.2. The van der Waals surface area contributed by atoms with Crippen molar-refractivity contribution in [3.8, 4) is 5.75 Å². The normalized spacial score (nSPS) is 27.4. The van der Waals surface area contributed by atoms with E-state index in [1.807, 2.05) is 24.3 Å². The maximum absolute atomic E-state index is 12.1. The second-order valence-electron chi connectivity index (χ2n) is 4.68. The van der Waals surface area contributed by atoms with Gasteiger partial charge in [0.05, 0.1) is 18.1 Å². The van der Waals surface area contributed by atoms with Crippen LogP contribution in [0.25, 0.3) is 0 Å². The van der Waals surface area contributed by atoms with Crippen molar-refractivity contribution in [3.05, 3.63) is 29.8 Å².